The molecule has 19 heavy (non-hydrogen) atoms. The van der Waals surface area contributed by atoms with E-state index in [2.05, 4.69) is 50.6 Å². The quantitative estimate of drug-likeness (QED) is 0.655. The molecule has 1 aliphatic heterocycles. The molecule has 1 aromatic rings. The number of carbonyl (C=O) groups is 1. The maximum absolute atomic E-state index is 12.3. The van der Waals surface area contributed by atoms with Gasteiger partial charge in [0, 0.05) is 5.56 Å². The molecule has 0 aromatic carbocycles. The highest BCUT2D eigenvalue weighted by molar-refractivity contribution is 9.12. The molecule has 0 saturated carbocycles. The molecular weight excluding hydrogens is 390 g/mol. The summed E-state index contributed by atoms with van der Waals surface area (Å²) in [5.41, 5.74) is 1.28. The molecule has 0 unspecified atom stereocenters. The van der Waals surface area contributed by atoms with Gasteiger partial charge in [-0.1, -0.05) is 20.3 Å². The van der Waals surface area contributed by atoms with Gasteiger partial charge in [-0.2, -0.15) is 0 Å². The summed E-state index contributed by atoms with van der Waals surface area (Å²) in [5, 5.41) is 0. The minimum atomic E-state index is 0.217. The Bertz CT molecular complexity index is 464. The summed E-state index contributed by atoms with van der Waals surface area (Å²) in [6, 6.07) is 1.91. The van der Waals surface area contributed by atoms with E-state index in [0.29, 0.717) is 12.0 Å². The highest BCUT2D eigenvalue weighted by Gasteiger charge is 2.29. The average molecular weight is 409 g/mol. The van der Waals surface area contributed by atoms with Crippen molar-refractivity contribution >= 4 is 49.0 Å². The molecule has 2 heterocycles. The number of nitrogens with zero attached hydrogens (tertiary/aromatic N) is 1. The number of hydrogen-bond donors (Lipinski definition) is 0. The van der Waals surface area contributed by atoms with Crippen molar-refractivity contribution in [2.45, 2.75) is 33.1 Å². The van der Waals surface area contributed by atoms with Gasteiger partial charge in [-0.3, -0.25) is 9.69 Å². The highest BCUT2D eigenvalue weighted by atomic mass is 79.9. The fraction of sp³-hybridized carbons (Fsp3) is 0.643. The lowest BCUT2D eigenvalue weighted by Crippen LogP contribution is -2.40. The molecule has 1 aliphatic rings. The number of carbonyl (C=O) groups excluding carboxylic acids is 1. The molecule has 0 aliphatic carbocycles. The maximum atomic E-state index is 12.3. The van der Waals surface area contributed by atoms with E-state index in [0.717, 1.165) is 26.2 Å². The van der Waals surface area contributed by atoms with Gasteiger partial charge >= 0.3 is 0 Å². The molecule has 5 heteroatoms. The van der Waals surface area contributed by atoms with Crippen molar-refractivity contribution in [2.75, 3.05) is 19.6 Å². The first-order valence-corrected chi connectivity index (χ1v) is 9.04. The van der Waals surface area contributed by atoms with Crippen LogP contribution in [0.1, 0.15) is 43.5 Å². The molecule has 0 atom stereocenters. The smallest absolute Gasteiger partial charge is 0.178 e. The van der Waals surface area contributed by atoms with Crippen LogP contribution >= 0.6 is 43.2 Å². The lowest BCUT2D eigenvalue weighted by Gasteiger charge is -2.38. The Morgan fingerprint density at radius 1 is 1.42 bits per heavy atom. The van der Waals surface area contributed by atoms with Crippen LogP contribution in [0.3, 0.4) is 0 Å². The molecular formula is C14H19Br2NOS. The van der Waals surface area contributed by atoms with Gasteiger partial charge in [0.2, 0.25) is 0 Å². The number of hydrogen-bond acceptors (Lipinski definition) is 3. The zero-order chi connectivity index (χ0) is 14.0. The third-order valence-corrected chi connectivity index (χ3v) is 6.58. The van der Waals surface area contributed by atoms with Crippen LogP contribution in [0.15, 0.2) is 13.6 Å². The van der Waals surface area contributed by atoms with Crippen molar-refractivity contribution in [3.05, 3.63) is 19.2 Å². The highest BCUT2D eigenvalue weighted by Crippen LogP contribution is 2.35. The molecule has 0 spiro atoms. The molecule has 1 saturated heterocycles. The van der Waals surface area contributed by atoms with Gasteiger partial charge in [0.1, 0.15) is 0 Å². The molecule has 0 radical (unpaired) electrons. The lowest BCUT2D eigenvalue weighted by atomic mass is 9.78. The van der Waals surface area contributed by atoms with Gasteiger partial charge in [0.25, 0.3) is 0 Å². The van der Waals surface area contributed by atoms with Gasteiger partial charge in [-0.25, -0.2) is 0 Å². The van der Waals surface area contributed by atoms with Crippen molar-refractivity contribution in [2.24, 2.45) is 5.41 Å². The van der Waals surface area contributed by atoms with Gasteiger partial charge in [0.05, 0.1) is 14.1 Å². The number of Topliss-reactive ketones (excluding diaryl/α,β-unsaturated/α-hetero) is 1. The minimum Gasteiger partial charge on any atom is -0.296 e. The van der Waals surface area contributed by atoms with Crippen LogP contribution in [-0.2, 0) is 0 Å². The van der Waals surface area contributed by atoms with Crippen molar-refractivity contribution in [3.8, 4) is 0 Å². The van der Waals surface area contributed by atoms with Gasteiger partial charge in [0.15, 0.2) is 5.78 Å². The molecule has 0 amide bonds. The number of thiophene rings is 1. The molecule has 2 nitrogen and oxygen atoms in total. The largest absolute Gasteiger partial charge is 0.296 e. The van der Waals surface area contributed by atoms with Gasteiger partial charge in [-0.05, 0) is 69.3 Å². The summed E-state index contributed by atoms with van der Waals surface area (Å²) in [6.07, 6.45) is 3.63. The summed E-state index contributed by atoms with van der Waals surface area (Å²) in [4.78, 5) is 14.6. The Labute approximate surface area is 135 Å². The van der Waals surface area contributed by atoms with E-state index in [1.807, 2.05) is 6.07 Å². The number of halogens is 2. The normalized spacial score (nSPS) is 19.6. The summed E-state index contributed by atoms with van der Waals surface area (Å²) in [5.74, 6) is 0.217. The maximum Gasteiger partial charge on any atom is 0.178 e. The van der Waals surface area contributed by atoms with Gasteiger partial charge < -0.3 is 0 Å². The number of rotatable bonds is 4. The van der Waals surface area contributed by atoms with E-state index in [-0.39, 0.29) is 5.78 Å². The van der Waals surface area contributed by atoms with E-state index in [9.17, 15) is 4.79 Å². The number of likely N-dealkylation sites (tertiary alicyclic amines) is 1. The van der Waals surface area contributed by atoms with E-state index in [4.69, 9.17) is 0 Å². The Morgan fingerprint density at radius 3 is 2.53 bits per heavy atom. The SMILES string of the molecule is CCC1(C)CCN(CC(=O)c2cc(Br)sc2Br)CC1. The summed E-state index contributed by atoms with van der Waals surface area (Å²) < 4.78 is 1.93. The van der Waals surface area contributed by atoms with Crippen molar-refractivity contribution in [3.63, 3.8) is 0 Å². The zero-order valence-electron chi connectivity index (χ0n) is 11.3. The Hall–Kier alpha value is 0.290. The predicted octanol–water partition coefficient (Wildman–Crippen LogP) is 4.97. The first-order valence-electron chi connectivity index (χ1n) is 6.64. The first kappa shape index (κ1) is 15.7. The molecule has 0 bridgehead atoms. The number of ketones is 1. The first-order chi connectivity index (χ1) is 8.93. The Morgan fingerprint density at radius 2 is 2.05 bits per heavy atom. The van der Waals surface area contributed by atoms with Crippen LogP contribution in [0.4, 0.5) is 0 Å². The molecule has 1 fully saturated rings. The summed E-state index contributed by atoms with van der Waals surface area (Å²) >= 11 is 8.44. The number of piperidine rings is 1. The topological polar surface area (TPSA) is 20.3 Å². The van der Waals surface area contributed by atoms with Crippen LogP contribution in [0.5, 0.6) is 0 Å². The van der Waals surface area contributed by atoms with Crippen LogP contribution in [0.25, 0.3) is 0 Å². The second-order valence-corrected chi connectivity index (χ2v) is 9.35. The summed E-state index contributed by atoms with van der Waals surface area (Å²) in [6.45, 7) is 7.25. The molecule has 106 valence electrons. The zero-order valence-corrected chi connectivity index (χ0v) is 15.3. The fourth-order valence-corrected chi connectivity index (χ4v) is 5.28. The Balaban J connectivity index is 1.93. The molecule has 1 aromatic heterocycles. The monoisotopic (exact) mass is 407 g/mol. The van der Waals surface area contributed by atoms with Crippen LogP contribution in [0, 0.1) is 5.41 Å². The lowest BCUT2D eigenvalue weighted by molar-refractivity contribution is 0.0812. The summed E-state index contributed by atoms with van der Waals surface area (Å²) in [7, 11) is 0. The van der Waals surface area contributed by atoms with Crippen LogP contribution in [-0.4, -0.2) is 30.3 Å². The van der Waals surface area contributed by atoms with Crippen LogP contribution in [0.2, 0.25) is 0 Å². The van der Waals surface area contributed by atoms with E-state index in [1.54, 1.807) is 11.3 Å². The van der Waals surface area contributed by atoms with E-state index >= 15 is 0 Å². The van der Waals surface area contributed by atoms with Gasteiger partial charge in [-0.15, -0.1) is 11.3 Å². The predicted molar refractivity (Wildman–Crippen MR) is 88.1 cm³/mol. The standard InChI is InChI=1S/C14H19Br2NOS/c1-3-14(2)4-6-17(7-5-14)9-11(18)10-8-12(15)19-13(10)16/h8H,3-7,9H2,1-2H3. The fourth-order valence-electron chi connectivity index (χ4n) is 2.42. The second-order valence-electron chi connectivity index (χ2n) is 5.60. The van der Waals surface area contributed by atoms with Crippen molar-refractivity contribution < 1.29 is 4.79 Å². The van der Waals surface area contributed by atoms with Crippen molar-refractivity contribution in [1.29, 1.82) is 0 Å². The Kier molecular flexibility index (Phi) is 5.26. The average Bonchev–Trinajstić information content (AvgIpc) is 2.72. The van der Waals surface area contributed by atoms with Crippen molar-refractivity contribution in [1.82, 2.24) is 4.90 Å². The van der Waals surface area contributed by atoms with E-state index in [1.165, 1.54) is 19.3 Å². The van der Waals surface area contributed by atoms with Crippen LogP contribution < -0.4 is 0 Å². The molecule has 2 rings (SSSR count). The molecule has 0 N–H and O–H groups in total. The third-order valence-electron chi connectivity index (χ3n) is 4.24. The minimum absolute atomic E-state index is 0.217. The third kappa shape index (κ3) is 3.90. The van der Waals surface area contributed by atoms with E-state index < -0.39 is 0 Å². The second kappa shape index (κ2) is 6.37.